The van der Waals surface area contributed by atoms with E-state index >= 15 is 0 Å². The van der Waals surface area contributed by atoms with Gasteiger partial charge in [-0.1, -0.05) is 12.1 Å². The van der Waals surface area contributed by atoms with Crippen LogP contribution in [0.4, 0.5) is 4.39 Å². The number of aromatic nitrogens is 2. The van der Waals surface area contributed by atoms with Gasteiger partial charge in [0.15, 0.2) is 5.69 Å². The van der Waals surface area contributed by atoms with Crippen LogP contribution in [0, 0.1) is 5.82 Å². The van der Waals surface area contributed by atoms with Crippen LogP contribution in [-0.2, 0) is 22.6 Å². The number of fused-ring (bicyclic) bond motifs is 2. The molecule has 0 fully saturated rings. The molecule has 11 heteroatoms. The van der Waals surface area contributed by atoms with E-state index in [1.165, 1.54) is 36.0 Å². The lowest BCUT2D eigenvalue weighted by molar-refractivity contribution is -0.128. The molecule has 2 bridgehead atoms. The molecule has 192 valence electrons. The van der Waals surface area contributed by atoms with E-state index < -0.39 is 34.8 Å². The van der Waals surface area contributed by atoms with E-state index in [4.69, 9.17) is 9.47 Å². The van der Waals surface area contributed by atoms with Gasteiger partial charge in [-0.2, -0.15) is 0 Å². The summed E-state index contributed by atoms with van der Waals surface area (Å²) in [6, 6.07) is 3.32. The number of nitrogens with one attached hydrogen (secondary N) is 1. The maximum Gasteiger partial charge on any atom is 0.296 e. The van der Waals surface area contributed by atoms with Crippen molar-refractivity contribution in [1.82, 2.24) is 19.8 Å². The second-order valence-electron chi connectivity index (χ2n) is 8.63. The minimum absolute atomic E-state index is 0.0431. The van der Waals surface area contributed by atoms with E-state index in [0.717, 1.165) is 0 Å². The molecule has 3 heterocycles. The molecule has 2 aliphatic heterocycles. The Balaban J connectivity index is 1.83. The number of amides is 2. The van der Waals surface area contributed by atoms with Crippen LogP contribution in [0.1, 0.15) is 54.1 Å². The van der Waals surface area contributed by atoms with Crippen molar-refractivity contribution < 1.29 is 28.6 Å². The zero-order valence-electron chi connectivity index (χ0n) is 20.2. The monoisotopic (exact) mass is 500 g/mol. The predicted molar refractivity (Wildman–Crippen MR) is 127 cm³/mol. The highest BCUT2D eigenvalue weighted by Gasteiger charge is 2.34. The Kier molecular flexibility index (Phi) is 7.68. The highest BCUT2D eigenvalue weighted by atomic mass is 19.1. The third-order valence-electron chi connectivity index (χ3n) is 6.44. The molecule has 2 amide bonds. The highest BCUT2D eigenvalue weighted by molar-refractivity contribution is 5.94. The third kappa shape index (κ3) is 5.11. The first-order chi connectivity index (χ1) is 17.3. The quantitative estimate of drug-likeness (QED) is 0.647. The minimum atomic E-state index is -0.794. The molecular weight excluding hydrogens is 471 g/mol. The summed E-state index contributed by atoms with van der Waals surface area (Å²) in [5, 5.41) is 13.3. The van der Waals surface area contributed by atoms with E-state index in [1.54, 1.807) is 11.0 Å². The lowest BCUT2D eigenvalue weighted by Gasteiger charge is -2.30. The Morgan fingerprint density at radius 2 is 2.08 bits per heavy atom. The number of aromatic hydroxyl groups is 1. The Bertz CT molecular complexity index is 1240. The number of rotatable bonds is 2. The molecule has 1 unspecified atom stereocenters. The second-order valence-corrected chi connectivity index (χ2v) is 8.63. The SMILES string of the molecule is CCN1C(=O)/C=C/CCOc2cc(F)ccc2CNC(=O)c2nc3n(c(=O)c2O)C[C@@H](OC)CCC31. The van der Waals surface area contributed by atoms with Gasteiger partial charge in [0.1, 0.15) is 17.4 Å². The first-order valence-corrected chi connectivity index (χ1v) is 11.9. The van der Waals surface area contributed by atoms with Crippen LogP contribution in [0.2, 0.25) is 0 Å². The van der Waals surface area contributed by atoms with Crippen molar-refractivity contribution in [3.05, 3.63) is 63.6 Å². The molecule has 2 aliphatic rings. The summed E-state index contributed by atoms with van der Waals surface area (Å²) >= 11 is 0. The summed E-state index contributed by atoms with van der Waals surface area (Å²) in [7, 11) is 1.53. The fraction of sp³-hybridized carbons (Fsp3) is 0.440. The van der Waals surface area contributed by atoms with E-state index in [-0.39, 0.29) is 43.3 Å². The van der Waals surface area contributed by atoms with Crippen LogP contribution in [0.5, 0.6) is 11.5 Å². The van der Waals surface area contributed by atoms with Gasteiger partial charge in [0.2, 0.25) is 11.7 Å². The maximum atomic E-state index is 13.8. The molecular formula is C25H29FN4O6. The summed E-state index contributed by atoms with van der Waals surface area (Å²) < 4.78 is 26.3. The zero-order chi connectivity index (χ0) is 25.8. The zero-order valence-corrected chi connectivity index (χ0v) is 20.2. The Hall–Kier alpha value is -3.73. The number of benzene rings is 1. The molecule has 2 atom stereocenters. The largest absolute Gasteiger partial charge is 0.501 e. The average Bonchev–Trinajstić information content (AvgIpc) is 3.05. The highest BCUT2D eigenvalue weighted by Crippen LogP contribution is 2.30. The minimum Gasteiger partial charge on any atom is -0.501 e. The van der Waals surface area contributed by atoms with Crippen molar-refractivity contribution in [3.8, 4) is 11.5 Å². The van der Waals surface area contributed by atoms with E-state index in [2.05, 4.69) is 10.3 Å². The molecule has 10 nitrogen and oxygen atoms in total. The predicted octanol–water partition coefficient (Wildman–Crippen LogP) is 2.06. The van der Waals surface area contributed by atoms with Gasteiger partial charge in [0.25, 0.3) is 11.5 Å². The van der Waals surface area contributed by atoms with Crippen molar-refractivity contribution in [2.75, 3.05) is 20.3 Å². The summed E-state index contributed by atoms with van der Waals surface area (Å²) in [5.41, 5.74) is -0.728. The van der Waals surface area contributed by atoms with Crippen LogP contribution in [0.3, 0.4) is 0 Å². The summed E-state index contributed by atoms with van der Waals surface area (Å²) in [5.74, 6) is -1.92. The molecule has 0 aliphatic carbocycles. The summed E-state index contributed by atoms with van der Waals surface area (Å²) in [6.07, 6.45) is 4.16. The number of hydrogen-bond donors (Lipinski definition) is 2. The molecule has 2 aromatic rings. The number of carbonyl (C=O) groups excluding carboxylic acids is 2. The number of nitrogens with zero attached hydrogens (tertiary/aromatic N) is 3. The van der Waals surface area contributed by atoms with Crippen LogP contribution >= 0.6 is 0 Å². The topological polar surface area (TPSA) is 123 Å². The Morgan fingerprint density at radius 3 is 2.83 bits per heavy atom. The normalized spacial score (nSPS) is 21.7. The van der Waals surface area contributed by atoms with Crippen molar-refractivity contribution >= 4 is 11.8 Å². The smallest absolute Gasteiger partial charge is 0.296 e. The van der Waals surface area contributed by atoms with Crippen LogP contribution in [0.15, 0.2) is 35.1 Å². The van der Waals surface area contributed by atoms with Crippen LogP contribution < -0.4 is 15.6 Å². The van der Waals surface area contributed by atoms with Crippen LogP contribution in [-0.4, -0.2) is 57.7 Å². The number of carbonyl (C=O) groups is 2. The Morgan fingerprint density at radius 1 is 1.28 bits per heavy atom. The van der Waals surface area contributed by atoms with Crippen molar-refractivity contribution in [2.45, 2.75) is 51.4 Å². The molecule has 36 heavy (non-hydrogen) atoms. The summed E-state index contributed by atoms with van der Waals surface area (Å²) in [4.78, 5) is 45.4. The van der Waals surface area contributed by atoms with Gasteiger partial charge < -0.3 is 24.8 Å². The maximum absolute atomic E-state index is 13.8. The van der Waals surface area contributed by atoms with Gasteiger partial charge >= 0.3 is 0 Å². The van der Waals surface area contributed by atoms with Crippen molar-refractivity contribution in [3.63, 3.8) is 0 Å². The first-order valence-electron chi connectivity index (χ1n) is 11.9. The number of likely N-dealkylation sites (N-methyl/N-ethyl adjacent to an activating group) is 1. The average molecular weight is 501 g/mol. The van der Waals surface area contributed by atoms with E-state index in [0.29, 0.717) is 31.4 Å². The Labute approximate surface area is 207 Å². The van der Waals surface area contributed by atoms with Crippen molar-refractivity contribution in [2.24, 2.45) is 0 Å². The van der Waals surface area contributed by atoms with Gasteiger partial charge in [-0.15, -0.1) is 0 Å². The van der Waals surface area contributed by atoms with Gasteiger partial charge in [0, 0.05) is 31.8 Å². The van der Waals surface area contributed by atoms with Gasteiger partial charge in [-0.05, 0) is 38.3 Å². The van der Waals surface area contributed by atoms with E-state index in [1.807, 2.05) is 6.92 Å². The molecule has 0 saturated heterocycles. The molecule has 1 aromatic heterocycles. The fourth-order valence-corrected chi connectivity index (χ4v) is 4.52. The van der Waals surface area contributed by atoms with E-state index in [9.17, 15) is 23.9 Å². The molecule has 0 spiro atoms. The lowest BCUT2D eigenvalue weighted by Crippen LogP contribution is -2.39. The first kappa shape index (κ1) is 25.4. The molecule has 2 N–H and O–H groups in total. The number of methoxy groups -OCH3 is 1. The number of ether oxygens (including phenoxy) is 2. The summed E-state index contributed by atoms with van der Waals surface area (Å²) in [6.45, 7) is 2.42. The van der Waals surface area contributed by atoms with Gasteiger partial charge in [-0.3, -0.25) is 19.0 Å². The molecule has 0 saturated carbocycles. The molecule has 1 aromatic carbocycles. The third-order valence-corrected chi connectivity index (χ3v) is 6.44. The van der Waals surface area contributed by atoms with Gasteiger partial charge in [-0.25, -0.2) is 9.37 Å². The van der Waals surface area contributed by atoms with Crippen molar-refractivity contribution in [1.29, 1.82) is 0 Å². The second kappa shape index (κ2) is 10.9. The molecule has 0 radical (unpaired) electrons. The standard InChI is InChI=1S/C25H29FN4O6/c1-3-29-18-10-9-17(35-2)14-30-23(18)28-21(22(32)25(30)34)24(33)27-13-15-7-8-16(26)12-19(15)36-11-5-4-6-20(29)31/h4,6-8,12,17-18,32H,3,5,9-11,13-14H2,1-2H3,(H,27,33)/b6-4+/t17-,18?/m0/s1. The fourth-order valence-electron chi connectivity index (χ4n) is 4.52. The number of hydrogen-bond acceptors (Lipinski definition) is 7. The molecule has 4 rings (SSSR count). The number of halogens is 1. The lowest BCUT2D eigenvalue weighted by atomic mass is 10.1. The van der Waals surface area contributed by atoms with Crippen LogP contribution in [0.25, 0.3) is 0 Å². The van der Waals surface area contributed by atoms with Gasteiger partial charge in [0.05, 0.1) is 25.3 Å².